The van der Waals surface area contributed by atoms with Crippen LogP contribution in [0.25, 0.3) is 6.08 Å². The molecule has 0 aromatic heterocycles. The van der Waals surface area contributed by atoms with Gasteiger partial charge in [0, 0.05) is 18.2 Å². The number of carbonyl (C=O) groups is 1. The Kier molecular flexibility index (Phi) is 7.77. The number of benzene rings is 2. The zero-order valence-electron chi connectivity index (χ0n) is 17.0. The molecule has 4 rings (SSSR count). The van der Waals surface area contributed by atoms with E-state index in [1.807, 2.05) is 30.3 Å². The van der Waals surface area contributed by atoms with E-state index in [1.54, 1.807) is 6.07 Å². The number of aromatic hydroxyl groups is 1. The van der Waals surface area contributed by atoms with Crippen LogP contribution in [-0.2, 0) is 0 Å². The second-order valence-corrected chi connectivity index (χ2v) is 7.64. The Morgan fingerprint density at radius 1 is 1.07 bits per heavy atom. The van der Waals surface area contributed by atoms with Crippen molar-refractivity contribution < 1.29 is 19.4 Å². The number of fused-ring (bicyclic) bond motifs is 1. The molecule has 5 nitrogen and oxygen atoms in total. The first-order chi connectivity index (χ1) is 14.2. The van der Waals surface area contributed by atoms with Gasteiger partial charge in [-0.1, -0.05) is 18.6 Å². The Morgan fingerprint density at radius 3 is 2.60 bits per heavy atom. The summed E-state index contributed by atoms with van der Waals surface area (Å²) in [6.45, 7) is 4.46. The molecule has 160 valence electrons. The van der Waals surface area contributed by atoms with Gasteiger partial charge in [0.15, 0.2) is 5.78 Å². The molecule has 0 radical (unpaired) electrons. The fourth-order valence-electron chi connectivity index (χ4n) is 3.84. The number of phenols is 1. The Labute approximate surface area is 183 Å². The molecule has 2 aliphatic rings. The van der Waals surface area contributed by atoms with Crippen LogP contribution in [0.15, 0.2) is 48.0 Å². The predicted octanol–water partition coefficient (Wildman–Crippen LogP) is 4.73. The summed E-state index contributed by atoms with van der Waals surface area (Å²) in [6, 6.07) is 12.3. The molecule has 1 N–H and O–H groups in total. The first-order valence-corrected chi connectivity index (χ1v) is 10.4. The summed E-state index contributed by atoms with van der Waals surface area (Å²) in [5.41, 5.74) is 2.01. The van der Waals surface area contributed by atoms with Gasteiger partial charge in [-0.15, -0.1) is 12.4 Å². The minimum absolute atomic E-state index is 0. The monoisotopic (exact) mass is 429 g/mol. The maximum atomic E-state index is 12.6. The highest BCUT2D eigenvalue weighted by Crippen LogP contribution is 2.31. The average molecular weight is 430 g/mol. The van der Waals surface area contributed by atoms with Crippen LogP contribution in [0.1, 0.15) is 41.6 Å². The molecule has 1 fully saturated rings. The van der Waals surface area contributed by atoms with E-state index in [2.05, 4.69) is 4.90 Å². The van der Waals surface area contributed by atoms with Gasteiger partial charge in [-0.2, -0.15) is 0 Å². The Bertz CT molecular complexity index is 889. The molecular weight excluding hydrogens is 402 g/mol. The van der Waals surface area contributed by atoms with Crippen molar-refractivity contribution in [3.05, 3.63) is 59.2 Å². The maximum absolute atomic E-state index is 12.6. The summed E-state index contributed by atoms with van der Waals surface area (Å²) in [6.07, 6.45) is 6.88. The summed E-state index contributed by atoms with van der Waals surface area (Å²) in [5.74, 6) is 1.30. The van der Waals surface area contributed by atoms with E-state index in [9.17, 15) is 9.90 Å². The number of hydrogen-bond acceptors (Lipinski definition) is 5. The standard InChI is InChI=1S/C24H27NO4.ClH/c26-20-7-10-22-23(16-20)29-17-19(24(22)27)15-18-5-8-21(9-6-18)28-14-4-13-25-11-2-1-3-12-25;/h5-10,15-16,26H,1-4,11-14,17H2;1H/b19-15+;. The van der Waals surface area contributed by atoms with Crippen molar-refractivity contribution in [2.24, 2.45) is 0 Å². The summed E-state index contributed by atoms with van der Waals surface area (Å²) in [7, 11) is 0. The van der Waals surface area contributed by atoms with Crippen molar-refractivity contribution in [1.29, 1.82) is 0 Å². The molecule has 6 heteroatoms. The van der Waals surface area contributed by atoms with E-state index in [0.29, 0.717) is 23.5 Å². The zero-order chi connectivity index (χ0) is 20.1. The van der Waals surface area contributed by atoms with E-state index in [1.165, 1.54) is 44.5 Å². The average Bonchev–Trinajstić information content (AvgIpc) is 2.75. The second-order valence-electron chi connectivity index (χ2n) is 7.64. The lowest BCUT2D eigenvalue weighted by molar-refractivity contribution is 0.100. The van der Waals surface area contributed by atoms with Crippen molar-refractivity contribution in [3.63, 3.8) is 0 Å². The summed E-state index contributed by atoms with van der Waals surface area (Å²) in [4.78, 5) is 15.2. The maximum Gasteiger partial charge on any atom is 0.196 e. The van der Waals surface area contributed by atoms with E-state index < -0.39 is 0 Å². The van der Waals surface area contributed by atoms with Gasteiger partial charge in [0.05, 0.1) is 12.2 Å². The van der Waals surface area contributed by atoms with E-state index in [4.69, 9.17) is 9.47 Å². The van der Waals surface area contributed by atoms with Gasteiger partial charge in [-0.05, 0) is 68.3 Å². The van der Waals surface area contributed by atoms with Crippen molar-refractivity contribution in [2.75, 3.05) is 32.8 Å². The molecule has 0 bridgehead atoms. The first kappa shape index (κ1) is 22.2. The molecule has 0 aliphatic carbocycles. The molecule has 0 unspecified atom stereocenters. The number of carbonyl (C=O) groups excluding carboxylic acids is 1. The minimum atomic E-state index is -0.0655. The molecule has 2 aliphatic heterocycles. The normalized spacial score (nSPS) is 17.7. The third-order valence-corrected chi connectivity index (χ3v) is 5.44. The number of nitrogens with zero attached hydrogens (tertiary/aromatic N) is 1. The van der Waals surface area contributed by atoms with Crippen LogP contribution in [0, 0.1) is 0 Å². The molecule has 2 heterocycles. The molecule has 1 saturated heterocycles. The number of likely N-dealkylation sites (tertiary alicyclic amines) is 1. The highest BCUT2D eigenvalue weighted by atomic mass is 35.5. The molecule has 2 aromatic rings. The van der Waals surface area contributed by atoms with Gasteiger partial charge in [0.1, 0.15) is 23.9 Å². The van der Waals surface area contributed by atoms with Gasteiger partial charge in [0.25, 0.3) is 0 Å². The highest BCUT2D eigenvalue weighted by Gasteiger charge is 2.23. The molecule has 0 spiro atoms. The number of halogens is 1. The second kappa shape index (κ2) is 10.5. The van der Waals surface area contributed by atoms with Crippen molar-refractivity contribution in [3.8, 4) is 17.2 Å². The number of rotatable bonds is 6. The number of ketones is 1. The molecule has 0 amide bonds. The number of hydrogen-bond donors (Lipinski definition) is 1. The van der Waals surface area contributed by atoms with Gasteiger partial charge < -0.3 is 19.5 Å². The van der Waals surface area contributed by atoms with E-state index >= 15 is 0 Å². The fraction of sp³-hybridized carbons (Fsp3) is 0.375. The van der Waals surface area contributed by atoms with E-state index in [-0.39, 0.29) is 30.5 Å². The summed E-state index contributed by atoms with van der Waals surface area (Å²) in [5, 5.41) is 9.53. The SMILES string of the molecule is Cl.O=C1/C(=C/c2ccc(OCCCN3CCCCC3)cc2)COc2cc(O)ccc21. The molecule has 0 saturated carbocycles. The van der Waals surface area contributed by atoms with Crippen LogP contribution >= 0.6 is 12.4 Å². The molecular formula is C24H28ClNO4. The number of Topliss-reactive ketones (excluding diaryl/α,β-unsaturated/α-hetero) is 1. The summed E-state index contributed by atoms with van der Waals surface area (Å²) >= 11 is 0. The topological polar surface area (TPSA) is 59.0 Å². The fourth-order valence-corrected chi connectivity index (χ4v) is 3.84. The summed E-state index contributed by atoms with van der Waals surface area (Å²) < 4.78 is 11.5. The smallest absolute Gasteiger partial charge is 0.196 e. The van der Waals surface area contributed by atoms with Crippen LogP contribution in [0.3, 0.4) is 0 Å². The van der Waals surface area contributed by atoms with Gasteiger partial charge >= 0.3 is 0 Å². The van der Waals surface area contributed by atoms with Crippen molar-refractivity contribution >= 4 is 24.3 Å². The van der Waals surface area contributed by atoms with Crippen molar-refractivity contribution in [2.45, 2.75) is 25.7 Å². The lowest BCUT2D eigenvalue weighted by atomic mass is 9.98. The minimum Gasteiger partial charge on any atom is -0.508 e. The lowest BCUT2D eigenvalue weighted by Gasteiger charge is -2.26. The Hall–Kier alpha value is -2.50. The quantitative estimate of drug-likeness (QED) is 0.531. The highest BCUT2D eigenvalue weighted by molar-refractivity contribution is 6.14. The Morgan fingerprint density at radius 2 is 1.83 bits per heavy atom. The van der Waals surface area contributed by atoms with Crippen LogP contribution in [0.4, 0.5) is 0 Å². The van der Waals surface area contributed by atoms with Crippen LogP contribution in [0.5, 0.6) is 17.2 Å². The Balaban J connectivity index is 0.00000256. The lowest BCUT2D eigenvalue weighted by Crippen LogP contribution is -2.31. The number of ether oxygens (including phenoxy) is 2. The first-order valence-electron chi connectivity index (χ1n) is 10.4. The molecule has 2 aromatic carbocycles. The van der Waals surface area contributed by atoms with Gasteiger partial charge in [-0.3, -0.25) is 4.79 Å². The van der Waals surface area contributed by atoms with Crippen molar-refractivity contribution in [1.82, 2.24) is 4.90 Å². The van der Waals surface area contributed by atoms with Crippen LogP contribution in [0.2, 0.25) is 0 Å². The molecule has 0 atom stereocenters. The van der Waals surface area contributed by atoms with Gasteiger partial charge in [0.2, 0.25) is 0 Å². The zero-order valence-corrected chi connectivity index (χ0v) is 17.8. The third kappa shape index (κ3) is 5.55. The number of phenolic OH excluding ortho intramolecular Hbond substituents is 1. The predicted molar refractivity (Wildman–Crippen MR) is 120 cm³/mol. The third-order valence-electron chi connectivity index (χ3n) is 5.44. The van der Waals surface area contributed by atoms with E-state index in [0.717, 1.165) is 24.3 Å². The number of piperidine rings is 1. The van der Waals surface area contributed by atoms with Gasteiger partial charge in [-0.25, -0.2) is 0 Å². The van der Waals surface area contributed by atoms with Crippen LogP contribution < -0.4 is 9.47 Å². The molecule has 30 heavy (non-hydrogen) atoms. The largest absolute Gasteiger partial charge is 0.508 e. The van der Waals surface area contributed by atoms with Crippen LogP contribution in [-0.4, -0.2) is 48.6 Å².